The van der Waals surface area contributed by atoms with E-state index >= 15 is 0 Å². The number of hydrogen-bond donors (Lipinski definition) is 2. The molecule has 2 N–H and O–H groups in total. The number of ketones is 1. The minimum atomic E-state index is -4.51. The lowest BCUT2D eigenvalue weighted by molar-refractivity contribution is -0.122. The van der Waals surface area contributed by atoms with Gasteiger partial charge in [-0.15, -0.1) is 0 Å². The molecule has 35 heavy (non-hydrogen) atoms. The first-order valence-electron chi connectivity index (χ1n) is 11.6. The van der Waals surface area contributed by atoms with Gasteiger partial charge in [-0.3, -0.25) is 19.6 Å². The molecule has 0 bridgehead atoms. The van der Waals surface area contributed by atoms with Gasteiger partial charge in [-0.05, 0) is 30.0 Å². The number of Topliss-reactive ketones (excluding diaryl/α,β-unsaturated/α-hetero) is 1. The summed E-state index contributed by atoms with van der Waals surface area (Å²) in [6.45, 7) is 3.08. The molecular formula is C27H30N2O5S. The Hall–Kier alpha value is -2.88. The van der Waals surface area contributed by atoms with Gasteiger partial charge in [0.1, 0.15) is 5.54 Å². The lowest BCUT2D eigenvalue weighted by Gasteiger charge is -2.39. The monoisotopic (exact) mass is 494 g/mol. The van der Waals surface area contributed by atoms with Gasteiger partial charge < -0.3 is 0 Å². The van der Waals surface area contributed by atoms with Crippen LogP contribution in [0.15, 0.2) is 91.0 Å². The van der Waals surface area contributed by atoms with Gasteiger partial charge in [-0.25, -0.2) is 4.18 Å². The molecule has 0 saturated carbocycles. The lowest BCUT2D eigenvalue weighted by Crippen LogP contribution is -2.52. The highest BCUT2D eigenvalue weighted by atomic mass is 32.3. The zero-order valence-corrected chi connectivity index (χ0v) is 20.4. The normalized spacial score (nSPS) is 17.8. The molecule has 0 amide bonds. The van der Waals surface area contributed by atoms with E-state index in [0.717, 1.165) is 16.7 Å². The summed E-state index contributed by atoms with van der Waals surface area (Å²) in [5, 5.41) is 3.71. The van der Waals surface area contributed by atoms with Crippen LogP contribution in [-0.2, 0) is 24.9 Å². The number of likely N-dealkylation sites (tertiary alicyclic amines) is 1. The third kappa shape index (κ3) is 6.04. The van der Waals surface area contributed by atoms with Crippen molar-refractivity contribution in [2.45, 2.75) is 31.0 Å². The van der Waals surface area contributed by atoms with Gasteiger partial charge in [0.15, 0.2) is 5.78 Å². The maximum Gasteiger partial charge on any atom is 0.397 e. The van der Waals surface area contributed by atoms with Crippen molar-refractivity contribution in [3.05, 3.63) is 108 Å². The van der Waals surface area contributed by atoms with Gasteiger partial charge in [0.25, 0.3) is 0 Å². The van der Waals surface area contributed by atoms with Gasteiger partial charge in [-0.1, -0.05) is 91.0 Å². The van der Waals surface area contributed by atoms with E-state index in [0.29, 0.717) is 26.1 Å². The Labute approximate surface area is 206 Å². The van der Waals surface area contributed by atoms with Crippen LogP contribution >= 0.6 is 0 Å². The fraction of sp³-hybridized carbons (Fsp3) is 0.296. The number of nitrogens with zero attached hydrogens (tertiary/aromatic N) is 1. The highest BCUT2D eigenvalue weighted by molar-refractivity contribution is 7.80. The second-order valence-electron chi connectivity index (χ2n) is 8.84. The van der Waals surface area contributed by atoms with Crippen LogP contribution in [-0.4, -0.2) is 49.4 Å². The van der Waals surface area contributed by atoms with E-state index in [1.165, 1.54) is 0 Å². The zero-order valence-electron chi connectivity index (χ0n) is 19.6. The first-order chi connectivity index (χ1) is 16.8. The van der Waals surface area contributed by atoms with E-state index < -0.39 is 22.0 Å². The van der Waals surface area contributed by atoms with E-state index in [4.69, 9.17) is 8.74 Å². The lowest BCUT2D eigenvalue weighted by atomic mass is 9.78. The molecule has 1 saturated heterocycles. The van der Waals surface area contributed by atoms with Crippen LogP contribution in [0.3, 0.4) is 0 Å². The van der Waals surface area contributed by atoms with Gasteiger partial charge in [0, 0.05) is 25.7 Å². The topological polar surface area (TPSA) is 95.9 Å². The molecule has 3 aromatic rings. The van der Waals surface area contributed by atoms with Crippen molar-refractivity contribution in [2.75, 3.05) is 19.6 Å². The molecule has 184 valence electrons. The molecule has 0 aliphatic carbocycles. The van der Waals surface area contributed by atoms with Crippen LogP contribution < -0.4 is 5.32 Å². The van der Waals surface area contributed by atoms with Crippen molar-refractivity contribution >= 4 is 16.2 Å². The van der Waals surface area contributed by atoms with Gasteiger partial charge in [0.2, 0.25) is 0 Å². The predicted octanol–water partition coefficient (Wildman–Crippen LogP) is 3.74. The largest absolute Gasteiger partial charge is 0.397 e. The Morgan fingerprint density at radius 2 is 1.51 bits per heavy atom. The highest BCUT2D eigenvalue weighted by Crippen LogP contribution is 2.34. The van der Waals surface area contributed by atoms with Crippen molar-refractivity contribution < 1.29 is 21.9 Å². The maximum absolute atomic E-state index is 13.5. The Balaban J connectivity index is 1.72. The van der Waals surface area contributed by atoms with Crippen LogP contribution in [0.2, 0.25) is 0 Å². The quantitative estimate of drug-likeness (QED) is 0.415. The fourth-order valence-electron chi connectivity index (χ4n) is 4.87. The molecule has 3 aromatic carbocycles. The van der Waals surface area contributed by atoms with Gasteiger partial charge in [0.05, 0.1) is 6.10 Å². The summed E-state index contributed by atoms with van der Waals surface area (Å²) in [7, 11) is -4.51. The van der Waals surface area contributed by atoms with E-state index in [1.54, 1.807) is 6.92 Å². The van der Waals surface area contributed by atoms with Crippen LogP contribution in [0.1, 0.15) is 36.1 Å². The molecule has 7 nitrogen and oxygen atoms in total. The Bertz CT molecular complexity index is 1180. The maximum atomic E-state index is 13.5. The van der Waals surface area contributed by atoms with Crippen molar-refractivity contribution in [1.82, 2.24) is 10.2 Å². The average Bonchev–Trinajstić information content (AvgIpc) is 3.28. The minimum absolute atomic E-state index is 0.0372. The summed E-state index contributed by atoms with van der Waals surface area (Å²) in [5.74, 6) is -0.0372. The van der Waals surface area contributed by atoms with Crippen LogP contribution in [0, 0.1) is 0 Å². The number of rotatable bonds is 10. The minimum Gasteiger partial charge on any atom is -0.299 e. The molecule has 4 rings (SSSR count). The first kappa shape index (κ1) is 25.2. The molecule has 1 fully saturated rings. The smallest absolute Gasteiger partial charge is 0.299 e. The molecule has 2 unspecified atom stereocenters. The van der Waals surface area contributed by atoms with E-state index in [2.05, 4.69) is 10.2 Å². The number of benzene rings is 3. The van der Waals surface area contributed by atoms with Gasteiger partial charge >= 0.3 is 10.4 Å². The Morgan fingerprint density at radius 1 is 1.00 bits per heavy atom. The highest BCUT2D eigenvalue weighted by Gasteiger charge is 2.42. The van der Waals surface area contributed by atoms with Crippen molar-refractivity contribution in [3.63, 3.8) is 0 Å². The molecule has 1 heterocycles. The number of nitrogens with one attached hydrogen (secondary N) is 1. The first-order valence-corrected chi connectivity index (χ1v) is 13.0. The molecule has 8 heteroatoms. The fourth-order valence-corrected chi connectivity index (χ4v) is 5.37. The third-order valence-electron chi connectivity index (χ3n) is 6.46. The molecule has 2 atom stereocenters. The SMILES string of the molecule is CC(=O)C(NC(CN1CCC(OS(=O)(=O)O)C1)c1ccccc1)(c1ccccc1)c1ccccc1. The van der Waals surface area contributed by atoms with Crippen molar-refractivity contribution in [1.29, 1.82) is 0 Å². The molecule has 0 aromatic heterocycles. The zero-order chi connectivity index (χ0) is 24.9. The van der Waals surface area contributed by atoms with E-state index in [1.807, 2.05) is 91.0 Å². The molecule has 1 aliphatic heterocycles. The van der Waals surface area contributed by atoms with Crippen LogP contribution in [0.4, 0.5) is 0 Å². The predicted molar refractivity (Wildman–Crippen MR) is 134 cm³/mol. The summed E-state index contributed by atoms with van der Waals surface area (Å²) in [6.07, 6.45) is -0.126. The molecule has 0 spiro atoms. The summed E-state index contributed by atoms with van der Waals surface area (Å²) < 4.78 is 36.2. The third-order valence-corrected chi connectivity index (χ3v) is 6.98. The Morgan fingerprint density at radius 3 is 2.00 bits per heavy atom. The molecule has 1 aliphatic rings. The number of carbonyl (C=O) groups is 1. The van der Waals surface area contributed by atoms with Crippen LogP contribution in [0.25, 0.3) is 0 Å². The van der Waals surface area contributed by atoms with E-state index in [9.17, 15) is 13.2 Å². The van der Waals surface area contributed by atoms with Crippen molar-refractivity contribution in [3.8, 4) is 0 Å². The molecular weight excluding hydrogens is 464 g/mol. The molecule has 0 radical (unpaired) electrons. The standard InChI is InChI=1S/C27H30N2O5S/c1-21(30)27(23-13-7-3-8-14-23,24-15-9-4-10-16-24)28-26(22-11-5-2-6-12-22)20-29-18-17-25(19-29)34-35(31,32)33/h2-16,25-26,28H,17-20H2,1H3,(H,31,32,33). The number of hydrogen-bond acceptors (Lipinski definition) is 6. The second-order valence-corrected chi connectivity index (χ2v) is 9.89. The summed E-state index contributed by atoms with van der Waals surface area (Å²) in [6, 6.07) is 29.0. The van der Waals surface area contributed by atoms with Crippen molar-refractivity contribution in [2.24, 2.45) is 0 Å². The van der Waals surface area contributed by atoms with Crippen LogP contribution in [0.5, 0.6) is 0 Å². The number of carbonyl (C=O) groups excluding carboxylic acids is 1. The summed E-state index contributed by atoms with van der Waals surface area (Å²) in [4.78, 5) is 15.6. The van der Waals surface area contributed by atoms with E-state index in [-0.39, 0.29) is 11.8 Å². The second kappa shape index (κ2) is 10.8. The Kier molecular flexibility index (Phi) is 7.78. The summed E-state index contributed by atoms with van der Waals surface area (Å²) >= 11 is 0. The average molecular weight is 495 g/mol. The summed E-state index contributed by atoms with van der Waals surface area (Å²) in [5.41, 5.74) is 1.60. The van der Waals surface area contributed by atoms with Gasteiger partial charge in [-0.2, -0.15) is 8.42 Å².